The van der Waals surface area contributed by atoms with Gasteiger partial charge >= 0.3 is 0 Å². The number of H-pyrrole nitrogens is 1. The molecule has 3 aromatic rings. The number of ether oxygens (including phenoxy) is 1. The van der Waals surface area contributed by atoms with Gasteiger partial charge in [-0.05, 0) is 43.0 Å². The molecule has 5 rings (SSSR count). The Morgan fingerprint density at radius 2 is 2.21 bits per heavy atom. The summed E-state index contributed by atoms with van der Waals surface area (Å²) >= 11 is 0. The number of hydrogen-bond donors (Lipinski definition) is 2. The molecule has 2 aromatic heterocycles. The van der Waals surface area contributed by atoms with Crippen LogP contribution in [0.3, 0.4) is 0 Å². The lowest BCUT2D eigenvalue weighted by Crippen LogP contribution is -2.57. The third-order valence-electron chi connectivity index (χ3n) is 6.07. The summed E-state index contributed by atoms with van der Waals surface area (Å²) in [6, 6.07) is 13.6. The number of para-hydroxylation sites is 1. The number of fused-ring (bicyclic) bond motifs is 1. The van der Waals surface area contributed by atoms with Crippen LogP contribution in [0.25, 0.3) is 11.3 Å². The van der Waals surface area contributed by atoms with Crippen molar-refractivity contribution in [3.8, 4) is 28.9 Å². The fourth-order valence-corrected chi connectivity index (χ4v) is 4.36. The van der Waals surface area contributed by atoms with Gasteiger partial charge in [0, 0.05) is 36.9 Å². The third-order valence-corrected chi connectivity index (χ3v) is 6.07. The molecule has 1 aliphatic heterocycles. The Kier molecular flexibility index (Phi) is 4.41. The van der Waals surface area contributed by atoms with E-state index in [0.717, 1.165) is 42.2 Å². The van der Waals surface area contributed by atoms with E-state index in [2.05, 4.69) is 26.7 Å². The van der Waals surface area contributed by atoms with E-state index in [-0.39, 0.29) is 5.54 Å². The van der Waals surface area contributed by atoms with Crippen LogP contribution in [0.15, 0.2) is 54.9 Å². The lowest BCUT2D eigenvalue weighted by atomic mass is 9.69. The van der Waals surface area contributed by atoms with Gasteiger partial charge in [0.25, 0.3) is 0 Å². The molecule has 1 unspecified atom stereocenters. The Labute approximate surface area is 169 Å². The minimum Gasteiger partial charge on any atom is -0.455 e. The topological polar surface area (TPSA) is 89.9 Å². The van der Waals surface area contributed by atoms with Gasteiger partial charge in [-0.25, -0.2) is 0 Å². The molecule has 2 fully saturated rings. The van der Waals surface area contributed by atoms with Gasteiger partial charge < -0.3 is 15.0 Å². The maximum Gasteiger partial charge on any atom is 0.179 e. The lowest BCUT2D eigenvalue weighted by molar-refractivity contribution is 0.133. The predicted molar refractivity (Wildman–Crippen MR) is 108 cm³/mol. The normalized spacial score (nSPS) is 22.6. The van der Waals surface area contributed by atoms with Crippen LogP contribution in [0.1, 0.15) is 18.5 Å². The predicted octanol–water partition coefficient (Wildman–Crippen LogP) is 3.30. The van der Waals surface area contributed by atoms with Crippen molar-refractivity contribution in [3.05, 3.63) is 60.6 Å². The monoisotopic (exact) mass is 386 g/mol. The van der Waals surface area contributed by atoms with Gasteiger partial charge in [0.2, 0.25) is 0 Å². The molecule has 1 aromatic carbocycles. The van der Waals surface area contributed by atoms with E-state index in [1.807, 2.05) is 47.4 Å². The molecule has 0 bridgehead atoms. The first kappa shape index (κ1) is 17.7. The molecule has 2 atom stereocenters. The van der Waals surface area contributed by atoms with E-state index < -0.39 is 0 Å². The van der Waals surface area contributed by atoms with Gasteiger partial charge in [0.05, 0.1) is 17.6 Å². The van der Waals surface area contributed by atoms with Crippen LogP contribution in [0.5, 0.6) is 11.5 Å². The minimum atomic E-state index is 0.0626. The average molecular weight is 386 g/mol. The summed E-state index contributed by atoms with van der Waals surface area (Å²) < 4.78 is 6.02. The summed E-state index contributed by atoms with van der Waals surface area (Å²) in [5.74, 6) is 2.01. The van der Waals surface area contributed by atoms with E-state index >= 15 is 0 Å². The summed E-state index contributed by atoms with van der Waals surface area (Å²) in [4.78, 5) is 6.07. The number of nitrogens with one attached hydrogen (secondary N) is 2. The smallest absolute Gasteiger partial charge is 0.179 e. The van der Waals surface area contributed by atoms with Gasteiger partial charge in [0.1, 0.15) is 5.75 Å². The number of nitrogens with zero attached hydrogens (tertiary/aromatic N) is 4. The molecule has 146 valence electrons. The van der Waals surface area contributed by atoms with Gasteiger partial charge in [-0.15, -0.1) is 0 Å². The minimum absolute atomic E-state index is 0.0626. The molecule has 2 N–H and O–H groups in total. The Bertz CT molecular complexity index is 1040. The molecule has 1 aliphatic carbocycles. The van der Waals surface area contributed by atoms with Crippen molar-refractivity contribution in [3.63, 3.8) is 0 Å². The van der Waals surface area contributed by atoms with E-state index in [1.54, 1.807) is 12.4 Å². The van der Waals surface area contributed by atoms with Gasteiger partial charge in [-0.2, -0.15) is 10.4 Å². The highest BCUT2D eigenvalue weighted by molar-refractivity contribution is 5.67. The number of hydrogen-bond acceptors (Lipinski definition) is 6. The molecular formula is C22H22N6O. The van der Waals surface area contributed by atoms with Crippen molar-refractivity contribution >= 4 is 0 Å². The van der Waals surface area contributed by atoms with E-state index in [9.17, 15) is 5.26 Å². The summed E-state index contributed by atoms with van der Waals surface area (Å²) in [5, 5.41) is 20.5. The number of likely N-dealkylation sites (tertiary alicyclic amines) is 1. The summed E-state index contributed by atoms with van der Waals surface area (Å²) in [6.07, 6.45) is 8.06. The maximum atomic E-state index is 9.20. The summed E-state index contributed by atoms with van der Waals surface area (Å²) in [5.41, 5.74) is 2.81. The van der Waals surface area contributed by atoms with E-state index in [1.165, 1.54) is 6.42 Å². The fourth-order valence-electron chi connectivity index (χ4n) is 4.36. The van der Waals surface area contributed by atoms with Crippen LogP contribution in [-0.2, 0) is 6.54 Å². The summed E-state index contributed by atoms with van der Waals surface area (Å²) in [6.45, 7) is 2.34. The molecule has 2 aliphatic rings. The first-order valence-corrected chi connectivity index (χ1v) is 9.87. The molecule has 7 nitrogen and oxygen atoms in total. The number of aromatic amines is 1. The highest BCUT2D eigenvalue weighted by Gasteiger charge is 2.52. The Morgan fingerprint density at radius 1 is 1.31 bits per heavy atom. The number of aromatic nitrogens is 3. The zero-order chi connectivity index (χ0) is 19.7. The molecule has 1 saturated carbocycles. The lowest BCUT2D eigenvalue weighted by Gasteiger charge is -2.44. The maximum absolute atomic E-state index is 9.20. The van der Waals surface area contributed by atoms with Crippen molar-refractivity contribution in [2.75, 3.05) is 13.1 Å². The number of rotatable bonds is 6. The molecule has 0 spiro atoms. The zero-order valence-corrected chi connectivity index (χ0v) is 16.0. The first-order valence-electron chi connectivity index (χ1n) is 9.87. The van der Waals surface area contributed by atoms with Crippen molar-refractivity contribution in [1.29, 1.82) is 5.26 Å². The highest BCUT2D eigenvalue weighted by atomic mass is 16.5. The number of benzene rings is 1. The standard InChI is InChI=1S/C22H22N6O/c23-15-28-13-16-6-8-22(16,14-28)25-11-17-10-20(27-26-17)19-7-9-24-12-21(19)29-18-4-2-1-3-5-18/h1-5,7,9-10,12,16,25H,6,8,11,13-14H2,(H,26,27)/t16?,22-/m0/s1. The largest absolute Gasteiger partial charge is 0.455 e. The molecule has 0 amide bonds. The van der Waals surface area contributed by atoms with Crippen molar-refractivity contribution < 1.29 is 4.74 Å². The molecular weight excluding hydrogens is 364 g/mol. The quantitative estimate of drug-likeness (QED) is 0.632. The number of nitriles is 1. The zero-order valence-electron chi connectivity index (χ0n) is 16.0. The van der Waals surface area contributed by atoms with Gasteiger partial charge in [-0.1, -0.05) is 18.2 Å². The number of pyridine rings is 1. The van der Waals surface area contributed by atoms with Crippen LogP contribution >= 0.6 is 0 Å². The van der Waals surface area contributed by atoms with E-state index in [4.69, 9.17) is 4.74 Å². The molecule has 29 heavy (non-hydrogen) atoms. The Balaban J connectivity index is 1.30. The van der Waals surface area contributed by atoms with Gasteiger partial charge in [0.15, 0.2) is 11.9 Å². The molecule has 1 saturated heterocycles. The molecule has 3 heterocycles. The Hall–Kier alpha value is -3.37. The van der Waals surface area contributed by atoms with E-state index in [0.29, 0.717) is 18.2 Å². The highest BCUT2D eigenvalue weighted by Crippen LogP contribution is 2.44. The van der Waals surface area contributed by atoms with Gasteiger partial charge in [-0.3, -0.25) is 10.1 Å². The second-order valence-electron chi connectivity index (χ2n) is 7.79. The van der Waals surface area contributed by atoms with Crippen molar-refractivity contribution in [2.24, 2.45) is 5.92 Å². The first-order chi connectivity index (χ1) is 14.3. The van der Waals surface area contributed by atoms with Crippen LogP contribution in [0, 0.1) is 17.4 Å². The van der Waals surface area contributed by atoms with Crippen LogP contribution < -0.4 is 10.1 Å². The van der Waals surface area contributed by atoms with Crippen LogP contribution in [0.2, 0.25) is 0 Å². The second-order valence-corrected chi connectivity index (χ2v) is 7.79. The van der Waals surface area contributed by atoms with Crippen LogP contribution in [-0.4, -0.2) is 38.7 Å². The fraction of sp³-hybridized carbons (Fsp3) is 0.318. The third kappa shape index (κ3) is 3.32. The van der Waals surface area contributed by atoms with Crippen molar-refractivity contribution in [2.45, 2.75) is 24.9 Å². The average Bonchev–Trinajstić information content (AvgIpc) is 3.31. The van der Waals surface area contributed by atoms with Crippen LogP contribution in [0.4, 0.5) is 0 Å². The Morgan fingerprint density at radius 3 is 3.00 bits per heavy atom. The molecule has 0 radical (unpaired) electrons. The van der Waals surface area contributed by atoms with Crippen molar-refractivity contribution in [1.82, 2.24) is 25.4 Å². The summed E-state index contributed by atoms with van der Waals surface area (Å²) in [7, 11) is 0. The molecule has 7 heteroatoms. The second kappa shape index (κ2) is 7.22. The SMILES string of the molecule is N#CN1CC2CC[C@]2(NCc2cc(-c3ccncc3Oc3ccccc3)[nH]n2)C1.